The van der Waals surface area contributed by atoms with Crippen molar-refractivity contribution in [2.75, 3.05) is 0 Å². The molecule has 4 N–H and O–H groups in total. The van der Waals surface area contributed by atoms with Crippen molar-refractivity contribution < 1.29 is 9.59 Å². The van der Waals surface area contributed by atoms with Crippen molar-refractivity contribution in [1.82, 2.24) is 0 Å². The van der Waals surface area contributed by atoms with Crippen LogP contribution in [0.2, 0.25) is 0 Å². The summed E-state index contributed by atoms with van der Waals surface area (Å²) in [5, 5.41) is 0. The molecule has 0 spiro atoms. The maximum atomic E-state index is 11.3. The maximum absolute atomic E-state index is 11.3. The van der Waals surface area contributed by atoms with Crippen molar-refractivity contribution in [2.24, 2.45) is 11.5 Å². The zero-order valence-electron chi connectivity index (χ0n) is 9.59. The number of carbonyl (C=O) groups excluding carboxylic acids is 2. The van der Waals surface area contributed by atoms with E-state index in [-0.39, 0.29) is 11.1 Å². The van der Waals surface area contributed by atoms with E-state index < -0.39 is 11.8 Å². The van der Waals surface area contributed by atoms with Gasteiger partial charge in [-0.25, -0.2) is 0 Å². The first-order valence-electron chi connectivity index (χ1n) is 5.38. The van der Waals surface area contributed by atoms with E-state index in [1.807, 2.05) is 30.3 Å². The average molecular weight is 240 g/mol. The topological polar surface area (TPSA) is 86.2 Å². The van der Waals surface area contributed by atoms with Crippen LogP contribution >= 0.6 is 0 Å². The molecule has 0 unspecified atom stereocenters. The molecule has 0 aliphatic rings. The van der Waals surface area contributed by atoms with E-state index in [0.717, 1.165) is 11.1 Å². The van der Waals surface area contributed by atoms with Crippen LogP contribution in [0.25, 0.3) is 11.1 Å². The maximum Gasteiger partial charge on any atom is 0.249 e. The summed E-state index contributed by atoms with van der Waals surface area (Å²) in [6.45, 7) is 0. The first-order chi connectivity index (χ1) is 8.59. The Bertz CT molecular complexity index is 606. The zero-order valence-corrected chi connectivity index (χ0v) is 9.59. The standard InChI is InChI=1S/C14H12N2O2/c15-13(17)11-7-6-10(8-12(11)14(16)18)9-4-2-1-3-5-9/h1-8H,(H2,15,17)(H2,16,18). The lowest BCUT2D eigenvalue weighted by molar-refractivity contribution is 0.0967. The summed E-state index contributed by atoms with van der Waals surface area (Å²) in [6, 6.07) is 14.3. The van der Waals surface area contributed by atoms with Gasteiger partial charge in [-0.2, -0.15) is 0 Å². The number of rotatable bonds is 3. The highest BCUT2D eigenvalue weighted by atomic mass is 16.2. The molecule has 0 radical (unpaired) electrons. The Morgan fingerprint density at radius 2 is 1.33 bits per heavy atom. The van der Waals surface area contributed by atoms with E-state index in [4.69, 9.17) is 11.5 Å². The van der Waals surface area contributed by atoms with Gasteiger partial charge in [-0.15, -0.1) is 0 Å². The van der Waals surface area contributed by atoms with Crippen LogP contribution in [0.4, 0.5) is 0 Å². The van der Waals surface area contributed by atoms with Crippen molar-refractivity contribution in [3.8, 4) is 11.1 Å². The van der Waals surface area contributed by atoms with Crippen LogP contribution in [0.1, 0.15) is 20.7 Å². The molecule has 0 atom stereocenters. The first kappa shape index (κ1) is 11.9. The third kappa shape index (κ3) is 2.22. The van der Waals surface area contributed by atoms with Gasteiger partial charge >= 0.3 is 0 Å². The number of carbonyl (C=O) groups is 2. The second-order valence-corrected chi connectivity index (χ2v) is 3.85. The summed E-state index contributed by atoms with van der Waals surface area (Å²) in [4.78, 5) is 22.5. The fourth-order valence-corrected chi connectivity index (χ4v) is 1.77. The minimum absolute atomic E-state index is 0.141. The molecule has 0 bridgehead atoms. The van der Waals surface area contributed by atoms with Gasteiger partial charge in [0.1, 0.15) is 0 Å². The van der Waals surface area contributed by atoms with E-state index in [1.54, 1.807) is 12.1 Å². The molecule has 2 aromatic rings. The smallest absolute Gasteiger partial charge is 0.249 e. The van der Waals surface area contributed by atoms with E-state index in [1.165, 1.54) is 6.07 Å². The minimum Gasteiger partial charge on any atom is -0.366 e. The van der Waals surface area contributed by atoms with Crippen LogP contribution in [-0.4, -0.2) is 11.8 Å². The number of primary amides is 2. The normalized spacial score (nSPS) is 10.0. The van der Waals surface area contributed by atoms with Crippen LogP contribution in [0.3, 0.4) is 0 Å². The molecule has 0 saturated heterocycles. The summed E-state index contributed by atoms with van der Waals surface area (Å²) >= 11 is 0. The Morgan fingerprint density at radius 3 is 1.89 bits per heavy atom. The van der Waals surface area contributed by atoms with Gasteiger partial charge in [0, 0.05) is 0 Å². The molecule has 0 fully saturated rings. The zero-order chi connectivity index (χ0) is 13.1. The number of hydrogen-bond donors (Lipinski definition) is 2. The lowest BCUT2D eigenvalue weighted by Crippen LogP contribution is -2.20. The van der Waals surface area contributed by atoms with E-state index in [2.05, 4.69) is 0 Å². The molecule has 2 aromatic carbocycles. The van der Waals surface area contributed by atoms with Gasteiger partial charge in [0.2, 0.25) is 11.8 Å². The molecule has 0 aliphatic heterocycles. The first-order valence-corrected chi connectivity index (χ1v) is 5.38. The molecule has 90 valence electrons. The molecular weight excluding hydrogens is 228 g/mol. The van der Waals surface area contributed by atoms with Gasteiger partial charge in [-0.3, -0.25) is 9.59 Å². The lowest BCUT2D eigenvalue weighted by atomic mass is 9.98. The predicted octanol–water partition coefficient (Wildman–Crippen LogP) is 1.55. The Hall–Kier alpha value is -2.62. The fraction of sp³-hybridized carbons (Fsp3) is 0. The second kappa shape index (κ2) is 4.71. The third-order valence-corrected chi connectivity index (χ3v) is 2.66. The Morgan fingerprint density at radius 1 is 0.722 bits per heavy atom. The van der Waals surface area contributed by atoms with Gasteiger partial charge < -0.3 is 11.5 Å². The van der Waals surface area contributed by atoms with Crippen molar-refractivity contribution in [3.63, 3.8) is 0 Å². The molecular formula is C14H12N2O2. The molecule has 18 heavy (non-hydrogen) atoms. The fourth-order valence-electron chi connectivity index (χ4n) is 1.77. The summed E-state index contributed by atoms with van der Waals surface area (Å²) in [5.41, 5.74) is 12.5. The van der Waals surface area contributed by atoms with Gasteiger partial charge in [0.05, 0.1) is 11.1 Å². The van der Waals surface area contributed by atoms with Crippen LogP contribution in [-0.2, 0) is 0 Å². The Balaban J connectivity index is 2.57. The summed E-state index contributed by atoms with van der Waals surface area (Å²) in [6.07, 6.45) is 0. The Labute approximate surface area is 104 Å². The van der Waals surface area contributed by atoms with Gasteiger partial charge in [0.25, 0.3) is 0 Å². The number of benzene rings is 2. The lowest BCUT2D eigenvalue weighted by Gasteiger charge is -2.07. The highest BCUT2D eigenvalue weighted by molar-refractivity contribution is 6.06. The molecule has 0 aliphatic carbocycles. The van der Waals surface area contributed by atoms with Crippen LogP contribution < -0.4 is 11.5 Å². The molecule has 0 saturated carbocycles. The predicted molar refractivity (Wildman–Crippen MR) is 68.9 cm³/mol. The van der Waals surface area contributed by atoms with E-state index in [0.29, 0.717) is 0 Å². The summed E-state index contributed by atoms with van der Waals surface area (Å²) in [7, 11) is 0. The quantitative estimate of drug-likeness (QED) is 0.852. The Kier molecular flexibility index (Phi) is 3.10. The van der Waals surface area contributed by atoms with Crippen molar-refractivity contribution in [3.05, 3.63) is 59.7 Å². The van der Waals surface area contributed by atoms with Gasteiger partial charge in [0.15, 0.2) is 0 Å². The van der Waals surface area contributed by atoms with Crippen molar-refractivity contribution >= 4 is 11.8 Å². The molecule has 2 rings (SSSR count). The average Bonchev–Trinajstić information content (AvgIpc) is 2.39. The van der Waals surface area contributed by atoms with Crippen molar-refractivity contribution in [2.45, 2.75) is 0 Å². The molecule has 0 aromatic heterocycles. The second-order valence-electron chi connectivity index (χ2n) is 3.85. The van der Waals surface area contributed by atoms with Crippen LogP contribution in [0, 0.1) is 0 Å². The highest BCUT2D eigenvalue weighted by Gasteiger charge is 2.13. The third-order valence-electron chi connectivity index (χ3n) is 2.66. The summed E-state index contributed by atoms with van der Waals surface area (Å²) in [5.74, 6) is -1.33. The van der Waals surface area contributed by atoms with Crippen LogP contribution in [0.5, 0.6) is 0 Å². The largest absolute Gasteiger partial charge is 0.366 e. The van der Waals surface area contributed by atoms with Gasteiger partial charge in [-0.05, 0) is 23.3 Å². The highest BCUT2D eigenvalue weighted by Crippen LogP contribution is 2.22. The minimum atomic E-state index is -0.665. The molecule has 2 amide bonds. The van der Waals surface area contributed by atoms with E-state index in [9.17, 15) is 9.59 Å². The number of nitrogens with two attached hydrogens (primary N) is 2. The number of amides is 2. The van der Waals surface area contributed by atoms with E-state index >= 15 is 0 Å². The molecule has 4 nitrogen and oxygen atoms in total. The monoisotopic (exact) mass is 240 g/mol. The number of hydrogen-bond acceptors (Lipinski definition) is 2. The van der Waals surface area contributed by atoms with Crippen molar-refractivity contribution in [1.29, 1.82) is 0 Å². The van der Waals surface area contributed by atoms with Crippen LogP contribution in [0.15, 0.2) is 48.5 Å². The SMILES string of the molecule is NC(=O)c1ccc(-c2ccccc2)cc1C(N)=O. The summed E-state index contributed by atoms with van der Waals surface area (Å²) < 4.78 is 0. The molecule has 4 heteroatoms. The molecule has 0 heterocycles. The van der Waals surface area contributed by atoms with Gasteiger partial charge in [-0.1, -0.05) is 36.4 Å².